The fourth-order valence-electron chi connectivity index (χ4n) is 1.46. The number of hydrogen-bond acceptors (Lipinski definition) is 1. The summed E-state index contributed by atoms with van der Waals surface area (Å²) in [6.45, 7) is 3.35. The van der Waals surface area contributed by atoms with Crippen LogP contribution >= 0.6 is 0 Å². The number of benzene rings is 1. The van der Waals surface area contributed by atoms with E-state index in [0.29, 0.717) is 12.1 Å². The fourth-order valence-corrected chi connectivity index (χ4v) is 1.46. The molecule has 1 N–H and O–H groups in total. The Morgan fingerprint density at radius 3 is 2.38 bits per heavy atom. The zero-order valence-corrected chi connectivity index (χ0v) is 8.93. The lowest BCUT2D eigenvalue weighted by Crippen LogP contribution is -2.10. The van der Waals surface area contributed by atoms with Gasteiger partial charge in [0.25, 0.3) is 0 Å². The summed E-state index contributed by atoms with van der Waals surface area (Å²) >= 11 is 0. The van der Waals surface area contributed by atoms with Crippen molar-refractivity contribution in [3.05, 3.63) is 29.3 Å². The normalized spacial score (nSPS) is 11.6. The van der Waals surface area contributed by atoms with Crippen molar-refractivity contribution < 1.29 is 18.0 Å². The van der Waals surface area contributed by atoms with Gasteiger partial charge in [0, 0.05) is 5.69 Å². The Labute approximate surface area is 91.5 Å². The molecule has 0 saturated carbocycles. The van der Waals surface area contributed by atoms with Gasteiger partial charge in [0.15, 0.2) is 0 Å². The van der Waals surface area contributed by atoms with Crippen LogP contribution in [0.3, 0.4) is 0 Å². The van der Waals surface area contributed by atoms with Crippen molar-refractivity contribution in [1.82, 2.24) is 0 Å². The Hall–Kier alpha value is -1.52. The number of hydrogen-bond donors (Lipinski definition) is 1. The third-order valence-electron chi connectivity index (χ3n) is 2.20. The average molecular weight is 231 g/mol. The van der Waals surface area contributed by atoms with Crippen molar-refractivity contribution in [2.24, 2.45) is 0 Å². The van der Waals surface area contributed by atoms with Crippen LogP contribution in [0.25, 0.3) is 0 Å². The molecule has 88 valence electrons. The Kier molecular flexibility index (Phi) is 3.57. The molecule has 2 nitrogen and oxygen atoms in total. The van der Waals surface area contributed by atoms with Gasteiger partial charge in [0.1, 0.15) is 0 Å². The molecule has 1 aromatic carbocycles. The second-order valence-electron chi connectivity index (χ2n) is 3.72. The highest BCUT2D eigenvalue weighted by Gasteiger charge is 2.33. The molecular formula is C11H12F3NO. The van der Waals surface area contributed by atoms with Crippen LogP contribution in [0.15, 0.2) is 18.2 Å². The molecule has 16 heavy (non-hydrogen) atoms. The summed E-state index contributed by atoms with van der Waals surface area (Å²) in [5, 5.41) is 2.33. The summed E-state index contributed by atoms with van der Waals surface area (Å²) in [5.74, 6) is -0.259. The molecular weight excluding hydrogens is 219 g/mol. The second kappa shape index (κ2) is 4.55. The zero-order chi connectivity index (χ0) is 12.3. The summed E-state index contributed by atoms with van der Waals surface area (Å²) in [5.41, 5.74) is -0.106. The van der Waals surface area contributed by atoms with Gasteiger partial charge in [-0.15, -0.1) is 0 Å². The molecule has 1 amide bonds. The van der Waals surface area contributed by atoms with Crippen molar-refractivity contribution in [3.8, 4) is 0 Å². The van der Waals surface area contributed by atoms with Gasteiger partial charge in [-0.25, -0.2) is 0 Å². The number of rotatable bonds is 3. The molecule has 0 aliphatic rings. The highest BCUT2D eigenvalue weighted by molar-refractivity contribution is 5.71. The van der Waals surface area contributed by atoms with Gasteiger partial charge in [-0.05, 0) is 29.7 Å². The maximum absolute atomic E-state index is 12.6. The third-order valence-corrected chi connectivity index (χ3v) is 2.20. The van der Waals surface area contributed by atoms with E-state index in [1.165, 1.54) is 12.1 Å². The second-order valence-corrected chi connectivity index (χ2v) is 3.72. The summed E-state index contributed by atoms with van der Waals surface area (Å²) < 4.78 is 37.9. The molecule has 0 heterocycles. The molecule has 0 bridgehead atoms. The number of halogens is 3. The molecule has 0 fully saturated rings. The van der Waals surface area contributed by atoms with E-state index in [4.69, 9.17) is 0 Å². The largest absolute Gasteiger partial charge is 0.416 e. The lowest BCUT2D eigenvalue weighted by atomic mass is 9.96. The van der Waals surface area contributed by atoms with Gasteiger partial charge in [0.05, 0.1) is 5.56 Å². The number of nitrogens with one attached hydrogen (secondary N) is 1. The van der Waals surface area contributed by atoms with Crippen LogP contribution in [0.2, 0.25) is 0 Å². The molecule has 0 atom stereocenters. The van der Waals surface area contributed by atoms with E-state index >= 15 is 0 Å². The van der Waals surface area contributed by atoms with E-state index < -0.39 is 11.7 Å². The third kappa shape index (κ3) is 2.74. The molecule has 1 rings (SSSR count). The molecule has 0 saturated heterocycles. The van der Waals surface area contributed by atoms with Gasteiger partial charge in [-0.3, -0.25) is 4.79 Å². The number of amides is 1. The number of alkyl halides is 3. The SMILES string of the molecule is CC(C)c1cc(NC=O)ccc1C(F)(F)F. The molecule has 0 unspecified atom stereocenters. The standard InChI is InChI=1S/C11H12F3NO/c1-7(2)9-5-8(15-6-16)3-4-10(9)11(12,13)14/h3-7H,1-2H3,(H,15,16). The zero-order valence-electron chi connectivity index (χ0n) is 8.93. The minimum Gasteiger partial charge on any atom is -0.329 e. The van der Waals surface area contributed by atoms with Crippen molar-refractivity contribution in [2.75, 3.05) is 5.32 Å². The van der Waals surface area contributed by atoms with Gasteiger partial charge in [0.2, 0.25) is 6.41 Å². The first-order valence-corrected chi connectivity index (χ1v) is 4.77. The van der Waals surface area contributed by atoms with Crippen LogP contribution in [0.1, 0.15) is 30.9 Å². The van der Waals surface area contributed by atoms with Crippen molar-refractivity contribution in [3.63, 3.8) is 0 Å². The minimum atomic E-state index is -4.36. The first kappa shape index (κ1) is 12.5. The van der Waals surface area contributed by atoms with Crippen molar-refractivity contribution >= 4 is 12.1 Å². The van der Waals surface area contributed by atoms with E-state index in [9.17, 15) is 18.0 Å². The van der Waals surface area contributed by atoms with Crippen molar-refractivity contribution in [2.45, 2.75) is 25.9 Å². The van der Waals surface area contributed by atoms with E-state index in [-0.39, 0.29) is 11.5 Å². The van der Waals surface area contributed by atoms with Gasteiger partial charge in [-0.1, -0.05) is 13.8 Å². The van der Waals surface area contributed by atoms with Crippen LogP contribution in [0, 0.1) is 0 Å². The highest BCUT2D eigenvalue weighted by atomic mass is 19.4. The van der Waals surface area contributed by atoms with Crippen molar-refractivity contribution in [1.29, 1.82) is 0 Å². The van der Waals surface area contributed by atoms with Crippen LogP contribution in [0.5, 0.6) is 0 Å². The molecule has 0 aliphatic carbocycles. The predicted octanol–water partition coefficient (Wildman–Crippen LogP) is 3.40. The first-order valence-electron chi connectivity index (χ1n) is 4.77. The monoisotopic (exact) mass is 231 g/mol. The van der Waals surface area contributed by atoms with Gasteiger partial charge < -0.3 is 5.32 Å². The van der Waals surface area contributed by atoms with E-state index in [1.807, 2.05) is 0 Å². The van der Waals surface area contributed by atoms with Crippen LogP contribution < -0.4 is 5.32 Å². The maximum atomic E-state index is 12.6. The summed E-state index contributed by atoms with van der Waals surface area (Å²) in [6.07, 6.45) is -3.92. The first-order chi connectivity index (χ1) is 7.36. The lowest BCUT2D eigenvalue weighted by Gasteiger charge is -2.16. The minimum absolute atomic E-state index is 0.180. The summed E-state index contributed by atoms with van der Waals surface area (Å²) in [6, 6.07) is 3.58. The molecule has 0 aromatic heterocycles. The Balaban J connectivity index is 3.25. The lowest BCUT2D eigenvalue weighted by molar-refractivity contribution is -0.138. The van der Waals surface area contributed by atoms with Crippen LogP contribution in [0.4, 0.5) is 18.9 Å². The summed E-state index contributed by atoms with van der Waals surface area (Å²) in [7, 11) is 0. The van der Waals surface area contributed by atoms with Gasteiger partial charge >= 0.3 is 6.18 Å². The molecule has 0 aliphatic heterocycles. The number of anilines is 1. The Bertz CT molecular complexity index is 385. The van der Waals surface area contributed by atoms with Gasteiger partial charge in [-0.2, -0.15) is 13.2 Å². The Morgan fingerprint density at radius 2 is 1.94 bits per heavy atom. The van der Waals surface area contributed by atoms with E-state index in [2.05, 4.69) is 5.32 Å². The highest BCUT2D eigenvalue weighted by Crippen LogP contribution is 2.36. The molecule has 5 heteroatoms. The maximum Gasteiger partial charge on any atom is 0.416 e. The van der Waals surface area contributed by atoms with Crippen LogP contribution in [-0.2, 0) is 11.0 Å². The quantitative estimate of drug-likeness (QED) is 0.793. The molecule has 0 spiro atoms. The summed E-state index contributed by atoms with van der Waals surface area (Å²) in [4.78, 5) is 10.2. The Morgan fingerprint density at radius 1 is 1.31 bits per heavy atom. The smallest absolute Gasteiger partial charge is 0.329 e. The fraction of sp³-hybridized carbons (Fsp3) is 0.364. The average Bonchev–Trinajstić information content (AvgIpc) is 2.16. The molecule has 0 radical (unpaired) electrons. The van der Waals surface area contributed by atoms with E-state index in [0.717, 1.165) is 6.07 Å². The topological polar surface area (TPSA) is 29.1 Å². The van der Waals surface area contributed by atoms with E-state index in [1.54, 1.807) is 13.8 Å². The predicted molar refractivity (Wildman–Crippen MR) is 55.2 cm³/mol. The van der Waals surface area contributed by atoms with Crippen LogP contribution in [-0.4, -0.2) is 6.41 Å². The number of carbonyl (C=O) groups is 1. The number of carbonyl (C=O) groups excluding carboxylic acids is 1. The molecule has 1 aromatic rings.